The molecule has 0 amide bonds. The van der Waals surface area contributed by atoms with Crippen LogP contribution in [0.4, 0.5) is 0 Å². The van der Waals surface area contributed by atoms with Gasteiger partial charge in [-0.15, -0.1) is 0 Å². The van der Waals surface area contributed by atoms with Gasteiger partial charge >= 0.3 is 0 Å². The molecule has 0 aromatic rings. The average Bonchev–Trinajstić information content (AvgIpc) is 1.84. The van der Waals surface area contributed by atoms with Gasteiger partial charge < -0.3 is 4.90 Å². The average molecular weight is 153 g/mol. The molecule has 0 saturated carbocycles. The summed E-state index contributed by atoms with van der Waals surface area (Å²) in [5.74, 6) is 0.712. The molecular weight excluding hydrogens is 133 g/mol. The van der Waals surface area contributed by atoms with Crippen molar-refractivity contribution in [3.05, 3.63) is 12.2 Å². The molecule has 0 rings (SSSR count). The highest BCUT2D eigenvalue weighted by Gasteiger charge is 2.08. The second kappa shape index (κ2) is 4.48. The van der Waals surface area contributed by atoms with E-state index in [0.29, 0.717) is 11.9 Å². The zero-order valence-electron chi connectivity index (χ0n) is 8.52. The quantitative estimate of drug-likeness (QED) is 0.558. The third-order valence-corrected chi connectivity index (χ3v) is 1.92. The highest BCUT2D eigenvalue weighted by atomic mass is 15.1. The van der Waals surface area contributed by atoms with E-state index in [4.69, 9.17) is 0 Å². The molecule has 0 aliphatic heterocycles. The molecule has 11 heavy (non-hydrogen) atoms. The molecule has 0 saturated heterocycles. The van der Waals surface area contributed by atoms with Crippen molar-refractivity contribution in [2.24, 2.45) is 0 Å². The van der Waals surface area contributed by atoms with Crippen LogP contribution in [0, 0.1) is 0 Å². The van der Waals surface area contributed by atoms with Crippen LogP contribution in [0.15, 0.2) is 12.2 Å². The summed E-state index contributed by atoms with van der Waals surface area (Å²) in [6.07, 6.45) is 0. The molecule has 64 valence electrons. The van der Waals surface area contributed by atoms with E-state index in [-0.39, 0.29) is 0 Å². The van der Waals surface area contributed by atoms with E-state index < -0.39 is 0 Å². The van der Waals surface area contributed by atoms with Crippen LogP contribution in [-0.4, -0.2) is 25.3 Å². The Bertz CT molecular complexity index is 130. The summed E-state index contributed by atoms with van der Waals surface area (Å²) >= 11 is 0. The number of nitrogens with zero attached hydrogens (tertiary/aromatic N) is 1. The van der Waals surface area contributed by atoms with Crippen molar-refractivity contribution >= 4 is 7.28 Å². The lowest BCUT2D eigenvalue weighted by Crippen LogP contribution is -2.28. The lowest BCUT2D eigenvalue weighted by atomic mass is 9.63. The Kier molecular flexibility index (Phi) is 4.32. The maximum atomic E-state index is 4.04. The van der Waals surface area contributed by atoms with Gasteiger partial charge in [-0.1, -0.05) is 26.2 Å². The molecule has 0 radical (unpaired) electrons. The molecule has 0 aromatic carbocycles. The summed E-state index contributed by atoms with van der Waals surface area (Å²) < 4.78 is 0. The van der Waals surface area contributed by atoms with E-state index >= 15 is 0 Å². The van der Waals surface area contributed by atoms with Crippen molar-refractivity contribution < 1.29 is 0 Å². The molecule has 0 unspecified atom stereocenters. The molecule has 2 heteroatoms. The lowest BCUT2D eigenvalue weighted by molar-refractivity contribution is 0.364. The fourth-order valence-corrected chi connectivity index (χ4v) is 0.980. The molecule has 0 spiro atoms. The lowest BCUT2D eigenvalue weighted by Gasteiger charge is -2.26. The highest BCUT2D eigenvalue weighted by Crippen LogP contribution is 2.08. The smallest absolute Gasteiger partial charge is 0.180 e. The van der Waals surface area contributed by atoms with Crippen molar-refractivity contribution in [2.75, 3.05) is 7.05 Å². The summed E-state index contributed by atoms with van der Waals surface area (Å²) in [5.41, 5.74) is 1.25. The van der Waals surface area contributed by atoms with Gasteiger partial charge in [0.05, 0.1) is 0 Å². The Hall–Kier alpha value is -0.395. The predicted molar refractivity (Wildman–Crippen MR) is 54.3 cm³/mol. The summed E-state index contributed by atoms with van der Waals surface area (Å²) in [4.78, 5) is 2.24. The van der Waals surface area contributed by atoms with Gasteiger partial charge in [-0.25, -0.2) is 0 Å². The van der Waals surface area contributed by atoms with E-state index in [1.54, 1.807) is 0 Å². The van der Waals surface area contributed by atoms with Gasteiger partial charge in [0.15, 0.2) is 7.28 Å². The fraction of sp³-hybridized carbons (Fsp3) is 0.778. The van der Waals surface area contributed by atoms with Crippen LogP contribution in [0.5, 0.6) is 0 Å². The van der Waals surface area contributed by atoms with E-state index in [2.05, 4.69) is 46.2 Å². The van der Waals surface area contributed by atoms with Gasteiger partial charge in [0, 0.05) is 13.1 Å². The van der Waals surface area contributed by atoms with Crippen molar-refractivity contribution in [3.8, 4) is 0 Å². The molecule has 0 N–H and O–H groups in total. The normalized spacial score (nSPS) is 10.5. The summed E-state index contributed by atoms with van der Waals surface area (Å²) in [7, 11) is 3.21. The molecule has 0 bridgehead atoms. The fourth-order valence-electron chi connectivity index (χ4n) is 0.980. The van der Waals surface area contributed by atoms with Crippen molar-refractivity contribution in [3.63, 3.8) is 0 Å². The van der Waals surface area contributed by atoms with E-state index in [9.17, 15) is 0 Å². The molecule has 0 aliphatic rings. The SMILES string of the molecule is C=C(BC(C)C)N(C)C(C)C. The minimum atomic E-state index is 0.571. The first-order valence-electron chi connectivity index (χ1n) is 4.35. The van der Waals surface area contributed by atoms with Crippen LogP contribution >= 0.6 is 0 Å². The molecule has 0 aromatic heterocycles. The second-order valence-corrected chi connectivity index (χ2v) is 3.87. The van der Waals surface area contributed by atoms with Gasteiger partial charge in [0.25, 0.3) is 0 Å². The second-order valence-electron chi connectivity index (χ2n) is 3.87. The van der Waals surface area contributed by atoms with Gasteiger partial charge in [-0.05, 0) is 19.4 Å². The number of rotatable bonds is 4. The van der Waals surface area contributed by atoms with Crippen molar-refractivity contribution in [2.45, 2.75) is 39.6 Å². The largest absolute Gasteiger partial charge is 0.384 e. The van der Waals surface area contributed by atoms with E-state index in [1.165, 1.54) is 5.60 Å². The zero-order chi connectivity index (χ0) is 9.02. The Balaban J connectivity index is 3.83. The van der Waals surface area contributed by atoms with Gasteiger partial charge in [-0.3, -0.25) is 0 Å². The monoisotopic (exact) mass is 153 g/mol. The Labute approximate surface area is 71.7 Å². The van der Waals surface area contributed by atoms with Crippen LogP contribution in [0.3, 0.4) is 0 Å². The van der Waals surface area contributed by atoms with Crippen LogP contribution in [-0.2, 0) is 0 Å². The molecule has 0 heterocycles. The standard InChI is InChI=1S/C9H20BN/c1-7(2)10-9(5)11(6)8(3)4/h7-8,10H,5H2,1-4,6H3. The maximum absolute atomic E-state index is 4.04. The summed E-state index contributed by atoms with van der Waals surface area (Å²) in [6.45, 7) is 12.9. The van der Waals surface area contributed by atoms with Crippen LogP contribution in [0.1, 0.15) is 27.7 Å². The third-order valence-electron chi connectivity index (χ3n) is 1.92. The first kappa shape index (κ1) is 10.6. The van der Waals surface area contributed by atoms with Gasteiger partial charge in [0.2, 0.25) is 0 Å². The zero-order valence-corrected chi connectivity index (χ0v) is 8.52. The van der Waals surface area contributed by atoms with Gasteiger partial charge in [-0.2, -0.15) is 0 Å². The molecule has 1 nitrogen and oxygen atoms in total. The van der Waals surface area contributed by atoms with E-state index in [1.807, 2.05) is 0 Å². The minimum absolute atomic E-state index is 0.571. The third kappa shape index (κ3) is 4.12. The number of hydrogen-bond acceptors (Lipinski definition) is 1. The highest BCUT2D eigenvalue weighted by molar-refractivity contribution is 6.46. The van der Waals surface area contributed by atoms with Crippen molar-refractivity contribution in [1.29, 1.82) is 0 Å². The van der Waals surface area contributed by atoms with Crippen molar-refractivity contribution in [1.82, 2.24) is 4.90 Å². The Morgan fingerprint density at radius 3 is 2.00 bits per heavy atom. The van der Waals surface area contributed by atoms with Gasteiger partial charge in [0.1, 0.15) is 0 Å². The van der Waals surface area contributed by atoms with E-state index in [0.717, 1.165) is 7.28 Å². The molecule has 0 aliphatic carbocycles. The maximum Gasteiger partial charge on any atom is 0.180 e. The Morgan fingerprint density at radius 1 is 1.27 bits per heavy atom. The first-order valence-corrected chi connectivity index (χ1v) is 4.35. The van der Waals surface area contributed by atoms with Crippen LogP contribution in [0.2, 0.25) is 5.82 Å². The topological polar surface area (TPSA) is 3.24 Å². The first-order chi connectivity index (χ1) is 4.95. The van der Waals surface area contributed by atoms with Crippen LogP contribution in [0.25, 0.3) is 0 Å². The Morgan fingerprint density at radius 2 is 1.73 bits per heavy atom. The predicted octanol–water partition coefficient (Wildman–Crippen LogP) is 2.06. The number of hydrogen-bond donors (Lipinski definition) is 0. The summed E-state index contributed by atoms with van der Waals surface area (Å²) in [5, 5.41) is 0. The molecule has 0 atom stereocenters. The minimum Gasteiger partial charge on any atom is -0.384 e. The molecule has 0 fully saturated rings. The molecular formula is C9H20BN. The summed E-state index contributed by atoms with van der Waals surface area (Å²) in [6, 6.07) is 0.571. The van der Waals surface area contributed by atoms with Crippen LogP contribution < -0.4 is 0 Å².